The molecule has 3 aromatic rings. The molecular formula is C31H43FN6O2. The predicted molar refractivity (Wildman–Crippen MR) is 157 cm³/mol. The van der Waals surface area contributed by atoms with Gasteiger partial charge in [-0.1, -0.05) is 39.0 Å². The van der Waals surface area contributed by atoms with Crippen molar-refractivity contribution in [2.75, 3.05) is 38.2 Å². The highest BCUT2D eigenvalue weighted by atomic mass is 19.1. The standard InChI is InChI=1S/C31H43FN6O2/c1-2-3-4-5-6-7-18-36-19-13-25(14-20-36)34-30-33-17-12-28(35-30)29-23-37(26-15-21-40-22-16-26)31(39)38(29)27-10-8-24(32)9-11-27/h8-12,17,23,25-26H,2-7,13-16,18-22H2,1H3,(H,33,34,35). The molecule has 0 saturated carbocycles. The Morgan fingerprint density at radius 2 is 1.70 bits per heavy atom. The van der Waals surface area contributed by atoms with E-state index in [9.17, 15) is 9.18 Å². The van der Waals surface area contributed by atoms with Crippen LogP contribution in [-0.4, -0.2) is 62.9 Å². The molecule has 9 heteroatoms. The SMILES string of the molecule is CCCCCCCCN1CCC(Nc2nccc(-c3cn(C4CCOCC4)c(=O)n3-c3ccc(F)cc3)n2)CC1. The number of ether oxygens (including phenoxy) is 1. The van der Waals surface area contributed by atoms with E-state index in [1.807, 2.05) is 12.3 Å². The number of imidazole rings is 1. The minimum Gasteiger partial charge on any atom is -0.381 e. The first kappa shape index (κ1) is 28.5. The minimum atomic E-state index is -0.339. The molecule has 2 aliphatic heterocycles. The van der Waals surface area contributed by atoms with Crippen molar-refractivity contribution in [2.24, 2.45) is 0 Å². The van der Waals surface area contributed by atoms with Gasteiger partial charge in [-0.2, -0.15) is 0 Å². The molecule has 2 aliphatic rings. The van der Waals surface area contributed by atoms with Gasteiger partial charge in [0.05, 0.1) is 17.1 Å². The van der Waals surface area contributed by atoms with E-state index < -0.39 is 0 Å². The van der Waals surface area contributed by atoms with Crippen LogP contribution in [0, 0.1) is 5.82 Å². The lowest BCUT2D eigenvalue weighted by molar-refractivity contribution is 0.0686. The zero-order chi connectivity index (χ0) is 27.7. The van der Waals surface area contributed by atoms with Crippen LogP contribution in [0.25, 0.3) is 17.1 Å². The number of anilines is 1. The number of rotatable bonds is 12. The van der Waals surface area contributed by atoms with Gasteiger partial charge in [0.2, 0.25) is 5.95 Å². The molecule has 2 aromatic heterocycles. The zero-order valence-electron chi connectivity index (χ0n) is 23.7. The maximum Gasteiger partial charge on any atom is 0.333 e. The summed E-state index contributed by atoms with van der Waals surface area (Å²) in [7, 11) is 0. The molecule has 4 heterocycles. The maximum atomic E-state index is 13.7. The molecule has 40 heavy (non-hydrogen) atoms. The third-order valence-electron chi connectivity index (χ3n) is 8.25. The van der Waals surface area contributed by atoms with Gasteiger partial charge in [-0.3, -0.25) is 9.13 Å². The second-order valence-corrected chi connectivity index (χ2v) is 11.2. The van der Waals surface area contributed by atoms with Crippen LogP contribution in [0.2, 0.25) is 0 Å². The molecule has 0 bridgehead atoms. The number of nitrogens with one attached hydrogen (secondary N) is 1. The smallest absolute Gasteiger partial charge is 0.333 e. The quantitative estimate of drug-likeness (QED) is 0.286. The highest BCUT2D eigenvalue weighted by molar-refractivity contribution is 5.59. The van der Waals surface area contributed by atoms with E-state index in [1.54, 1.807) is 27.5 Å². The Hall–Kier alpha value is -3.04. The second kappa shape index (κ2) is 14.0. The van der Waals surface area contributed by atoms with Crippen LogP contribution in [0.5, 0.6) is 0 Å². The van der Waals surface area contributed by atoms with Gasteiger partial charge in [-0.25, -0.2) is 19.2 Å². The Balaban J connectivity index is 1.27. The highest BCUT2D eigenvalue weighted by Crippen LogP contribution is 2.26. The molecule has 1 N–H and O–H groups in total. The van der Waals surface area contributed by atoms with Crippen LogP contribution in [0.15, 0.2) is 47.5 Å². The summed E-state index contributed by atoms with van der Waals surface area (Å²) < 4.78 is 22.6. The average Bonchev–Trinajstić information content (AvgIpc) is 3.33. The molecule has 0 unspecified atom stereocenters. The van der Waals surface area contributed by atoms with Crippen LogP contribution in [0.1, 0.15) is 77.2 Å². The molecule has 2 saturated heterocycles. The second-order valence-electron chi connectivity index (χ2n) is 11.2. The summed E-state index contributed by atoms with van der Waals surface area (Å²) in [6, 6.07) is 8.23. The summed E-state index contributed by atoms with van der Waals surface area (Å²) in [4.78, 5) is 25.6. The van der Waals surface area contributed by atoms with Gasteiger partial charge in [0, 0.05) is 50.8 Å². The van der Waals surface area contributed by atoms with Gasteiger partial charge < -0.3 is 15.0 Å². The Morgan fingerprint density at radius 3 is 2.45 bits per heavy atom. The minimum absolute atomic E-state index is 0.0580. The summed E-state index contributed by atoms with van der Waals surface area (Å²) >= 11 is 0. The third kappa shape index (κ3) is 7.18. The van der Waals surface area contributed by atoms with Crippen LogP contribution >= 0.6 is 0 Å². The van der Waals surface area contributed by atoms with Crippen molar-refractivity contribution < 1.29 is 9.13 Å². The number of hydrogen-bond donors (Lipinski definition) is 1. The topological polar surface area (TPSA) is 77.2 Å². The monoisotopic (exact) mass is 550 g/mol. The van der Waals surface area contributed by atoms with Crippen molar-refractivity contribution in [3.63, 3.8) is 0 Å². The molecule has 5 rings (SSSR count). The Morgan fingerprint density at radius 1 is 0.975 bits per heavy atom. The zero-order valence-corrected chi connectivity index (χ0v) is 23.7. The Labute approximate surface area is 236 Å². The summed E-state index contributed by atoms with van der Waals surface area (Å²) in [5.41, 5.74) is 1.78. The van der Waals surface area contributed by atoms with E-state index in [-0.39, 0.29) is 17.5 Å². The van der Waals surface area contributed by atoms with Crippen molar-refractivity contribution in [3.05, 3.63) is 59.0 Å². The molecular weight excluding hydrogens is 507 g/mol. The molecule has 0 aliphatic carbocycles. The molecule has 0 amide bonds. The average molecular weight is 551 g/mol. The van der Waals surface area contributed by atoms with E-state index in [2.05, 4.69) is 22.1 Å². The fourth-order valence-corrected chi connectivity index (χ4v) is 5.88. The van der Waals surface area contributed by atoms with Crippen LogP contribution in [-0.2, 0) is 4.74 Å². The first-order valence-corrected chi connectivity index (χ1v) is 15.1. The number of likely N-dealkylation sites (tertiary alicyclic amines) is 1. The lowest BCUT2D eigenvalue weighted by Gasteiger charge is -2.32. The van der Waals surface area contributed by atoms with Crippen molar-refractivity contribution in [1.82, 2.24) is 24.0 Å². The summed E-state index contributed by atoms with van der Waals surface area (Å²) in [5, 5.41) is 3.54. The predicted octanol–water partition coefficient (Wildman–Crippen LogP) is 5.82. The van der Waals surface area contributed by atoms with E-state index in [4.69, 9.17) is 9.72 Å². The fourth-order valence-electron chi connectivity index (χ4n) is 5.88. The van der Waals surface area contributed by atoms with Gasteiger partial charge >= 0.3 is 5.69 Å². The summed E-state index contributed by atoms with van der Waals surface area (Å²) in [6.45, 7) is 6.89. The van der Waals surface area contributed by atoms with Gasteiger partial charge in [-0.15, -0.1) is 0 Å². The molecule has 8 nitrogen and oxygen atoms in total. The van der Waals surface area contributed by atoms with Crippen LogP contribution < -0.4 is 11.0 Å². The van der Waals surface area contributed by atoms with Crippen LogP contribution in [0.3, 0.4) is 0 Å². The molecule has 216 valence electrons. The van der Waals surface area contributed by atoms with E-state index >= 15 is 0 Å². The van der Waals surface area contributed by atoms with Gasteiger partial charge in [0.1, 0.15) is 5.82 Å². The number of unbranched alkanes of at least 4 members (excludes halogenated alkanes) is 5. The Bertz CT molecular complexity index is 1260. The largest absolute Gasteiger partial charge is 0.381 e. The molecule has 0 spiro atoms. The highest BCUT2D eigenvalue weighted by Gasteiger charge is 2.24. The van der Waals surface area contributed by atoms with Crippen molar-refractivity contribution in [3.8, 4) is 17.1 Å². The molecule has 0 atom stereocenters. The lowest BCUT2D eigenvalue weighted by Crippen LogP contribution is -2.39. The number of halogens is 1. The van der Waals surface area contributed by atoms with Crippen molar-refractivity contribution in [1.29, 1.82) is 0 Å². The summed E-state index contributed by atoms with van der Waals surface area (Å²) in [6.07, 6.45) is 15.3. The normalized spacial score (nSPS) is 17.4. The number of hydrogen-bond acceptors (Lipinski definition) is 6. The number of nitrogens with zero attached hydrogens (tertiary/aromatic N) is 5. The van der Waals surface area contributed by atoms with E-state index in [0.717, 1.165) is 38.8 Å². The summed E-state index contributed by atoms with van der Waals surface area (Å²) in [5.74, 6) is 0.234. The number of aromatic nitrogens is 4. The molecule has 1 aromatic carbocycles. The van der Waals surface area contributed by atoms with Gasteiger partial charge in [-0.05, 0) is 69.0 Å². The molecule has 0 radical (unpaired) electrons. The Kier molecular flexibility index (Phi) is 10.00. The number of piperidine rings is 1. The molecule has 2 fully saturated rings. The maximum absolute atomic E-state index is 13.7. The van der Waals surface area contributed by atoms with Crippen molar-refractivity contribution >= 4 is 5.95 Å². The third-order valence-corrected chi connectivity index (χ3v) is 8.25. The van der Waals surface area contributed by atoms with E-state index in [1.165, 1.54) is 57.2 Å². The van der Waals surface area contributed by atoms with Gasteiger partial charge in [0.15, 0.2) is 0 Å². The van der Waals surface area contributed by atoms with Gasteiger partial charge in [0.25, 0.3) is 0 Å². The fraction of sp³-hybridized carbons (Fsp3) is 0.581. The first-order chi connectivity index (χ1) is 19.6. The van der Waals surface area contributed by atoms with Crippen LogP contribution in [0.4, 0.5) is 10.3 Å². The van der Waals surface area contributed by atoms with Crippen molar-refractivity contribution in [2.45, 2.75) is 83.2 Å². The lowest BCUT2D eigenvalue weighted by atomic mass is 10.0. The van der Waals surface area contributed by atoms with E-state index in [0.29, 0.717) is 42.3 Å². The first-order valence-electron chi connectivity index (χ1n) is 15.1. The number of benzene rings is 1.